The number of hydrogen-bond acceptors (Lipinski definition) is 6. The number of aliphatic hydroxyl groups is 1. The third-order valence-electron chi connectivity index (χ3n) is 5.72. The number of nitrogens with zero attached hydrogens (tertiary/aromatic N) is 2. The molecule has 1 amide bonds. The van der Waals surface area contributed by atoms with Gasteiger partial charge >= 0.3 is 0 Å². The summed E-state index contributed by atoms with van der Waals surface area (Å²) in [5, 5.41) is 13.6. The van der Waals surface area contributed by atoms with E-state index in [0.29, 0.717) is 10.6 Å². The van der Waals surface area contributed by atoms with Gasteiger partial charge in [-0.1, -0.05) is 19.3 Å². The van der Waals surface area contributed by atoms with Gasteiger partial charge in [0.1, 0.15) is 6.04 Å². The maximum absolute atomic E-state index is 13.5. The second-order valence-corrected chi connectivity index (χ2v) is 9.76. The van der Waals surface area contributed by atoms with Gasteiger partial charge in [-0.25, -0.2) is 4.98 Å². The largest absolute Gasteiger partial charge is 0.503 e. The number of Topliss-reactive ketones (excluding diaryl/α,β-unsaturated/α-hetero) is 1. The highest BCUT2D eigenvalue weighted by atomic mass is 32.1. The van der Waals surface area contributed by atoms with Gasteiger partial charge in [-0.2, -0.15) is 0 Å². The maximum Gasteiger partial charge on any atom is 0.290 e. The Morgan fingerprint density at radius 3 is 2.50 bits per heavy atom. The van der Waals surface area contributed by atoms with Crippen molar-refractivity contribution in [3.63, 3.8) is 0 Å². The van der Waals surface area contributed by atoms with E-state index in [-0.39, 0.29) is 23.2 Å². The van der Waals surface area contributed by atoms with Crippen LogP contribution in [0, 0.1) is 20.8 Å². The standard InChI is InChI=1S/C21H24N2O3S2/c1-11-9-10-27-19(11)16-15(17(24)20-12(2)22-13(3)28-20)18(25)21(26)23(16)14-7-5-4-6-8-14/h9-10,14,16,25H,4-8H2,1-3H3. The van der Waals surface area contributed by atoms with E-state index >= 15 is 0 Å². The maximum atomic E-state index is 13.5. The molecule has 2 aromatic rings. The number of aromatic nitrogens is 1. The van der Waals surface area contributed by atoms with Crippen LogP contribution in [0.4, 0.5) is 0 Å². The molecular weight excluding hydrogens is 392 g/mol. The predicted octanol–water partition coefficient (Wildman–Crippen LogP) is 5.04. The molecule has 5 nitrogen and oxygen atoms in total. The first-order chi connectivity index (χ1) is 13.4. The highest BCUT2D eigenvalue weighted by Crippen LogP contribution is 2.45. The third kappa shape index (κ3) is 3.10. The van der Waals surface area contributed by atoms with Crippen molar-refractivity contribution in [3.05, 3.63) is 48.8 Å². The van der Waals surface area contributed by atoms with Crippen LogP contribution >= 0.6 is 22.7 Å². The minimum atomic E-state index is -0.509. The lowest BCUT2D eigenvalue weighted by atomic mass is 9.91. The van der Waals surface area contributed by atoms with Crippen LogP contribution in [0.2, 0.25) is 0 Å². The zero-order valence-electron chi connectivity index (χ0n) is 16.3. The minimum absolute atomic E-state index is 0.0597. The highest BCUT2D eigenvalue weighted by Gasteiger charge is 2.48. The van der Waals surface area contributed by atoms with E-state index in [1.165, 1.54) is 17.8 Å². The van der Waals surface area contributed by atoms with Crippen LogP contribution in [-0.2, 0) is 4.79 Å². The Balaban J connectivity index is 1.82. The van der Waals surface area contributed by atoms with E-state index in [1.807, 2.05) is 25.3 Å². The number of rotatable bonds is 4. The molecule has 4 rings (SSSR count). The zero-order chi connectivity index (χ0) is 20.0. The second kappa shape index (κ2) is 7.44. The summed E-state index contributed by atoms with van der Waals surface area (Å²) in [6.07, 6.45) is 5.15. The number of thiazole rings is 1. The van der Waals surface area contributed by atoms with E-state index in [9.17, 15) is 14.7 Å². The van der Waals surface area contributed by atoms with Crippen molar-refractivity contribution in [1.29, 1.82) is 0 Å². The SMILES string of the molecule is Cc1nc(C)c(C(=O)C2=C(O)C(=O)N(C3CCCCC3)C2c2sccc2C)s1. The highest BCUT2D eigenvalue weighted by molar-refractivity contribution is 7.14. The summed E-state index contributed by atoms with van der Waals surface area (Å²) < 4.78 is 0. The number of aryl methyl sites for hydroxylation is 3. The molecule has 1 aliphatic carbocycles. The number of hydrogen-bond donors (Lipinski definition) is 1. The van der Waals surface area contributed by atoms with Crippen molar-refractivity contribution in [3.8, 4) is 0 Å². The third-order valence-corrected chi connectivity index (χ3v) is 7.86. The van der Waals surface area contributed by atoms with Crippen LogP contribution in [0.3, 0.4) is 0 Å². The van der Waals surface area contributed by atoms with Crippen LogP contribution in [-0.4, -0.2) is 32.7 Å². The van der Waals surface area contributed by atoms with Crippen molar-refractivity contribution in [2.75, 3.05) is 0 Å². The summed E-state index contributed by atoms with van der Waals surface area (Å²) >= 11 is 2.86. The Morgan fingerprint density at radius 2 is 1.93 bits per heavy atom. The van der Waals surface area contributed by atoms with Gasteiger partial charge in [-0.3, -0.25) is 9.59 Å². The molecule has 7 heteroatoms. The molecule has 1 aliphatic heterocycles. The van der Waals surface area contributed by atoms with Crippen LogP contribution in [0.1, 0.15) is 69.0 Å². The van der Waals surface area contributed by atoms with Crippen molar-refractivity contribution in [2.24, 2.45) is 0 Å². The molecule has 1 N–H and O–H groups in total. The number of aliphatic hydroxyl groups excluding tert-OH is 1. The molecular formula is C21H24N2O3S2. The molecule has 1 fully saturated rings. The molecule has 0 saturated heterocycles. The van der Waals surface area contributed by atoms with E-state index in [4.69, 9.17) is 0 Å². The van der Waals surface area contributed by atoms with Gasteiger partial charge in [-0.15, -0.1) is 22.7 Å². The molecule has 1 saturated carbocycles. The average molecular weight is 417 g/mol. The normalized spacial score (nSPS) is 21.0. The molecule has 1 atom stereocenters. The second-order valence-electron chi connectivity index (χ2n) is 7.61. The van der Waals surface area contributed by atoms with Crippen molar-refractivity contribution in [2.45, 2.75) is 65.0 Å². The van der Waals surface area contributed by atoms with Crippen molar-refractivity contribution < 1.29 is 14.7 Å². The van der Waals surface area contributed by atoms with Gasteiger partial charge in [0, 0.05) is 10.9 Å². The molecule has 0 bridgehead atoms. The summed E-state index contributed by atoms with van der Waals surface area (Å²) in [5.74, 6) is -1.07. The first-order valence-corrected chi connectivity index (χ1v) is 11.4. The Bertz CT molecular complexity index is 966. The van der Waals surface area contributed by atoms with Gasteiger partial charge < -0.3 is 10.0 Å². The molecule has 0 spiro atoms. The number of ketones is 1. The van der Waals surface area contributed by atoms with E-state index < -0.39 is 11.9 Å². The molecule has 148 valence electrons. The average Bonchev–Trinajstić information content (AvgIpc) is 3.32. The summed E-state index contributed by atoms with van der Waals surface area (Å²) in [6.45, 7) is 5.65. The van der Waals surface area contributed by atoms with Gasteiger partial charge in [-0.05, 0) is 50.6 Å². The van der Waals surface area contributed by atoms with Crippen LogP contribution < -0.4 is 0 Å². The minimum Gasteiger partial charge on any atom is -0.503 e. The van der Waals surface area contributed by atoms with Crippen LogP contribution in [0.15, 0.2) is 22.8 Å². The Kier molecular flexibility index (Phi) is 5.14. The molecule has 1 unspecified atom stereocenters. The van der Waals surface area contributed by atoms with Gasteiger partial charge in [0.15, 0.2) is 5.76 Å². The summed E-state index contributed by atoms with van der Waals surface area (Å²) in [7, 11) is 0. The summed E-state index contributed by atoms with van der Waals surface area (Å²) in [4.78, 5) is 34.2. The van der Waals surface area contributed by atoms with E-state index in [2.05, 4.69) is 4.98 Å². The Morgan fingerprint density at radius 1 is 1.21 bits per heavy atom. The van der Waals surface area contributed by atoms with Crippen molar-refractivity contribution in [1.82, 2.24) is 9.88 Å². The Labute approximate surface area is 172 Å². The smallest absolute Gasteiger partial charge is 0.290 e. The quantitative estimate of drug-likeness (QED) is 0.709. The van der Waals surface area contributed by atoms with Gasteiger partial charge in [0.25, 0.3) is 5.91 Å². The molecule has 2 aliphatic rings. The summed E-state index contributed by atoms with van der Waals surface area (Å²) in [5.41, 5.74) is 1.91. The van der Waals surface area contributed by atoms with E-state index in [0.717, 1.165) is 41.1 Å². The monoisotopic (exact) mass is 416 g/mol. The molecule has 0 aromatic carbocycles. The topological polar surface area (TPSA) is 70.5 Å². The number of thiophene rings is 1. The van der Waals surface area contributed by atoms with Crippen molar-refractivity contribution >= 4 is 34.4 Å². The number of amides is 1. The van der Waals surface area contributed by atoms with E-state index in [1.54, 1.807) is 23.2 Å². The Hall–Kier alpha value is -1.99. The lowest BCUT2D eigenvalue weighted by Gasteiger charge is -2.36. The molecule has 0 radical (unpaired) electrons. The van der Waals surface area contributed by atoms with Gasteiger partial charge in [0.2, 0.25) is 5.78 Å². The zero-order valence-corrected chi connectivity index (χ0v) is 18.0. The molecule has 2 aromatic heterocycles. The number of carbonyl (C=O) groups excluding carboxylic acids is 2. The van der Waals surface area contributed by atoms with Crippen LogP contribution in [0.25, 0.3) is 0 Å². The fourth-order valence-electron chi connectivity index (χ4n) is 4.38. The van der Waals surface area contributed by atoms with Gasteiger partial charge in [0.05, 0.1) is 21.2 Å². The molecule has 3 heterocycles. The first kappa shape index (κ1) is 19.3. The fourth-order valence-corrected chi connectivity index (χ4v) is 6.28. The molecule has 28 heavy (non-hydrogen) atoms. The summed E-state index contributed by atoms with van der Waals surface area (Å²) in [6, 6.07) is 1.55. The van der Waals surface area contributed by atoms with Crippen LogP contribution in [0.5, 0.6) is 0 Å². The first-order valence-electron chi connectivity index (χ1n) is 9.68. The number of carbonyl (C=O) groups is 2. The lowest BCUT2D eigenvalue weighted by Crippen LogP contribution is -2.41. The fraction of sp³-hybridized carbons (Fsp3) is 0.476. The predicted molar refractivity (Wildman–Crippen MR) is 111 cm³/mol. The lowest BCUT2D eigenvalue weighted by molar-refractivity contribution is -0.132.